The fourth-order valence-electron chi connectivity index (χ4n) is 0.720. The molecule has 12 heavy (non-hydrogen) atoms. The molecule has 0 aliphatic rings. The van der Waals surface area contributed by atoms with Crippen LogP contribution in [0.2, 0.25) is 0 Å². The zero-order chi connectivity index (χ0) is 9.14. The van der Waals surface area contributed by atoms with Crippen LogP contribution in [-0.4, -0.2) is 22.0 Å². The molecule has 0 saturated carbocycles. The van der Waals surface area contributed by atoms with Crippen LogP contribution in [0.15, 0.2) is 15.9 Å². The van der Waals surface area contributed by atoms with Crippen molar-refractivity contribution in [1.82, 2.24) is 0 Å². The summed E-state index contributed by atoms with van der Waals surface area (Å²) in [5, 5.41) is 0. The summed E-state index contributed by atoms with van der Waals surface area (Å²) in [5.41, 5.74) is 0. The van der Waals surface area contributed by atoms with E-state index in [9.17, 15) is 9.00 Å². The van der Waals surface area contributed by atoms with Gasteiger partial charge in [0.25, 0.3) is 0 Å². The van der Waals surface area contributed by atoms with Crippen molar-refractivity contribution in [3.8, 4) is 0 Å². The van der Waals surface area contributed by atoms with Crippen molar-refractivity contribution in [1.29, 1.82) is 0 Å². The van der Waals surface area contributed by atoms with E-state index >= 15 is 0 Å². The van der Waals surface area contributed by atoms with Crippen LogP contribution >= 0.6 is 27.3 Å². The molecule has 1 rings (SSSR count). The first kappa shape index (κ1) is 10.1. The van der Waals surface area contributed by atoms with Gasteiger partial charge in [-0.2, -0.15) is 0 Å². The number of halogens is 1. The van der Waals surface area contributed by atoms with Crippen molar-refractivity contribution in [2.45, 2.75) is 0 Å². The van der Waals surface area contributed by atoms with Gasteiger partial charge in [-0.05, 0) is 28.1 Å². The molecule has 0 radical (unpaired) electrons. The molecule has 0 bridgehead atoms. The second-order valence-corrected chi connectivity index (χ2v) is 6.14. The lowest BCUT2D eigenvalue weighted by Crippen LogP contribution is -2.07. The van der Waals surface area contributed by atoms with Gasteiger partial charge in [-0.3, -0.25) is 9.00 Å². The first-order chi connectivity index (χ1) is 5.59. The van der Waals surface area contributed by atoms with E-state index in [1.54, 1.807) is 6.07 Å². The number of carbonyl (C=O) groups excluding carboxylic acids is 1. The summed E-state index contributed by atoms with van der Waals surface area (Å²) < 4.78 is 11.6. The van der Waals surface area contributed by atoms with Gasteiger partial charge in [-0.15, -0.1) is 11.3 Å². The molecule has 0 N–H and O–H groups in total. The maximum Gasteiger partial charge on any atom is 0.185 e. The largest absolute Gasteiger partial charge is 0.292 e. The Hall–Kier alpha value is -0.0000000000000000833. The van der Waals surface area contributed by atoms with Gasteiger partial charge >= 0.3 is 0 Å². The van der Waals surface area contributed by atoms with Crippen molar-refractivity contribution in [3.63, 3.8) is 0 Å². The van der Waals surface area contributed by atoms with E-state index in [0.717, 1.165) is 3.79 Å². The number of thiophene rings is 1. The highest BCUT2D eigenvalue weighted by molar-refractivity contribution is 9.11. The topological polar surface area (TPSA) is 34.1 Å². The third-order valence-electron chi connectivity index (χ3n) is 1.18. The molecule has 0 aliphatic heterocycles. The van der Waals surface area contributed by atoms with E-state index in [0.29, 0.717) is 4.88 Å². The zero-order valence-corrected chi connectivity index (χ0v) is 9.59. The summed E-state index contributed by atoms with van der Waals surface area (Å²) >= 11 is 4.63. The third-order valence-corrected chi connectivity index (χ3v) is 3.52. The number of hydrogen-bond donors (Lipinski definition) is 0. The fraction of sp³-hybridized carbons (Fsp3) is 0.286. The number of rotatable bonds is 3. The molecular formula is C7H7BrO2S2. The predicted octanol–water partition coefficient (Wildman–Crippen LogP) is 2.07. The third kappa shape index (κ3) is 2.80. The summed E-state index contributed by atoms with van der Waals surface area (Å²) in [6.45, 7) is 0. The molecule has 5 heteroatoms. The minimum Gasteiger partial charge on any atom is -0.292 e. The van der Waals surface area contributed by atoms with Gasteiger partial charge in [0, 0.05) is 17.1 Å². The molecule has 0 spiro atoms. The van der Waals surface area contributed by atoms with E-state index in [1.807, 2.05) is 6.07 Å². The molecule has 1 aromatic heterocycles. The first-order valence-electron chi connectivity index (χ1n) is 3.18. The van der Waals surface area contributed by atoms with Crippen LogP contribution in [0.3, 0.4) is 0 Å². The van der Waals surface area contributed by atoms with Crippen molar-refractivity contribution < 1.29 is 9.00 Å². The Morgan fingerprint density at radius 2 is 2.33 bits per heavy atom. The number of Topliss-reactive ketones (excluding diaryl/α,β-unsaturated/α-hetero) is 1. The van der Waals surface area contributed by atoms with Crippen LogP contribution in [0.5, 0.6) is 0 Å². The molecule has 1 unspecified atom stereocenters. The SMILES string of the molecule is CS(=O)CC(=O)c1ccc(Br)s1. The van der Waals surface area contributed by atoms with Crippen LogP contribution in [0, 0.1) is 0 Å². The Labute approximate surface area is 85.6 Å². The Morgan fingerprint density at radius 3 is 2.75 bits per heavy atom. The van der Waals surface area contributed by atoms with Crippen molar-refractivity contribution >= 4 is 43.8 Å². The lowest BCUT2D eigenvalue weighted by atomic mass is 10.4. The summed E-state index contributed by atoms with van der Waals surface area (Å²) in [5.74, 6) is 0.0685. The second-order valence-electron chi connectivity index (χ2n) is 2.24. The summed E-state index contributed by atoms with van der Waals surface area (Å²) in [6, 6.07) is 3.56. The number of hydrogen-bond acceptors (Lipinski definition) is 3. The Balaban J connectivity index is 2.72. The standard InChI is InChI=1S/C7H7BrO2S2/c1-12(10)4-5(9)6-2-3-7(8)11-6/h2-3H,4H2,1H3. The van der Waals surface area contributed by atoms with Crippen molar-refractivity contribution in [2.24, 2.45) is 0 Å². The van der Waals surface area contributed by atoms with Crippen LogP contribution in [0.25, 0.3) is 0 Å². The Kier molecular flexibility index (Phi) is 3.61. The molecule has 0 fully saturated rings. The van der Waals surface area contributed by atoms with Crippen molar-refractivity contribution in [3.05, 3.63) is 20.8 Å². The molecule has 0 saturated heterocycles. The molecule has 2 nitrogen and oxygen atoms in total. The van der Waals surface area contributed by atoms with Crippen molar-refractivity contribution in [2.75, 3.05) is 12.0 Å². The average Bonchev–Trinajstić information content (AvgIpc) is 2.34. The van der Waals surface area contributed by atoms with Crippen LogP contribution in [0.4, 0.5) is 0 Å². The maximum atomic E-state index is 11.3. The molecule has 0 amide bonds. The number of carbonyl (C=O) groups is 1. The van der Waals surface area contributed by atoms with Gasteiger partial charge in [-0.25, -0.2) is 0 Å². The van der Waals surface area contributed by atoms with E-state index in [4.69, 9.17) is 0 Å². The fourth-order valence-corrected chi connectivity index (χ4v) is 2.66. The predicted molar refractivity (Wildman–Crippen MR) is 55.3 cm³/mol. The van der Waals surface area contributed by atoms with E-state index in [2.05, 4.69) is 15.9 Å². The quantitative estimate of drug-likeness (QED) is 0.786. The maximum absolute atomic E-state index is 11.3. The van der Waals surface area contributed by atoms with Gasteiger partial charge in [-0.1, -0.05) is 0 Å². The highest BCUT2D eigenvalue weighted by Crippen LogP contribution is 2.22. The minimum absolute atomic E-state index is 0.0495. The Bertz CT molecular complexity index is 319. The monoisotopic (exact) mass is 266 g/mol. The van der Waals surface area contributed by atoms with Gasteiger partial charge in [0.05, 0.1) is 14.4 Å². The van der Waals surface area contributed by atoms with Crippen LogP contribution in [-0.2, 0) is 10.8 Å². The molecular weight excluding hydrogens is 260 g/mol. The highest BCUT2D eigenvalue weighted by atomic mass is 79.9. The van der Waals surface area contributed by atoms with E-state index in [1.165, 1.54) is 17.6 Å². The molecule has 1 aromatic rings. The van der Waals surface area contributed by atoms with E-state index in [-0.39, 0.29) is 11.5 Å². The minimum atomic E-state index is -1.05. The molecule has 1 atom stereocenters. The highest BCUT2D eigenvalue weighted by Gasteiger charge is 2.09. The van der Waals surface area contributed by atoms with Crippen LogP contribution in [0.1, 0.15) is 9.67 Å². The molecule has 0 aliphatic carbocycles. The normalized spacial score (nSPS) is 12.8. The van der Waals surface area contributed by atoms with Gasteiger partial charge in [0.1, 0.15) is 0 Å². The smallest absolute Gasteiger partial charge is 0.185 e. The van der Waals surface area contributed by atoms with E-state index < -0.39 is 10.8 Å². The number of ketones is 1. The van der Waals surface area contributed by atoms with Gasteiger partial charge < -0.3 is 0 Å². The summed E-state index contributed by atoms with van der Waals surface area (Å²) in [6.07, 6.45) is 1.53. The van der Waals surface area contributed by atoms with Crippen LogP contribution < -0.4 is 0 Å². The molecule has 0 aromatic carbocycles. The van der Waals surface area contributed by atoms with Gasteiger partial charge in [0.15, 0.2) is 5.78 Å². The molecule has 66 valence electrons. The average molecular weight is 267 g/mol. The Morgan fingerprint density at radius 1 is 1.67 bits per heavy atom. The molecule has 1 heterocycles. The zero-order valence-electron chi connectivity index (χ0n) is 6.37. The lowest BCUT2D eigenvalue weighted by molar-refractivity contribution is 0.102. The second kappa shape index (κ2) is 4.30. The summed E-state index contributed by atoms with van der Waals surface area (Å²) in [4.78, 5) is 11.9. The lowest BCUT2D eigenvalue weighted by Gasteiger charge is -1.91. The van der Waals surface area contributed by atoms with Gasteiger partial charge in [0.2, 0.25) is 0 Å². The summed E-state index contributed by atoms with van der Waals surface area (Å²) in [7, 11) is -1.05. The first-order valence-corrected chi connectivity index (χ1v) is 6.52.